The van der Waals surface area contributed by atoms with Crippen LogP contribution in [0.25, 0.3) is 0 Å². The number of carbonyl (C=O) groups excluding carboxylic acids is 1. The van der Waals surface area contributed by atoms with Crippen LogP contribution in [0.2, 0.25) is 0 Å². The first kappa shape index (κ1) is 16.8. The Morgan fingerprint density at radius 3 is 2.25 bits per heavy atom. The third-order valence-electron chi connectivity index (χ3n) is 3.25. The number of hydrogen-bond acceptors (Lipinski definition) is 4. The van der Waals surface area contributed by atoms with E-state index < -0.39 is 18.0 Å². The van der Waals surface area contributed by atoms with Crippen LogP contribution < -0.4 is 10.6 Å². The molecule has 0 spiro atoms. The second-order valence-corrected chi connectivity index (χ2v) is 5.03. The number of amides is 2. The molecule has 0 aromatic heterocycles. The van der Waals surface area contributed by atoms with E-state index in [1.54, 1.807) is 36.4 Å². The third-order valence-corrected chi connectivity index (χ3v) is 3.25. The van der Waals surface area contributed by atoms with Crippen molar-refractivity contribution in [2.75, 3.05) is 5.32 Å². The van der Waals surface area contributed by atoms with Crippen molar-refractivity contribution in [2.45, 2.75) is 12.5 Å². The van der Waals surface area contributed by atoms with Gasteiger partial charge in [0, 0.05) is 5.69 Å². The zero-order valence-corrected chi connectivity index (χ0v) is 12.6. The van der Waals surface area contributed by atoms with Crippen LogP contribution in [0, 0.1) is 11.3 Å². The summed E-state index contributed by atoms with van der Waals surface area (Å²) in [6.07, 6.45) is -0.300. The summed E-state index contributed by atoms with van der Waals surface area (Å²) in [7, 11) is 0. The lowest BCUT2D eigenvalue weighted by molar-refractivity contribution is -0.137. The Morgan fingerprint density at radius 1 is 1.08 bits per heavy atom. The molecule has 1 atom stereocenters. The lowest BCUT2D eigenvalue weighted by atomic mass is 10.0. The summed E-state index contributed by atoms with van der Waals surface area (Å²) >= 11 is 0. The number of carboxylic acid groups (broad SMARTS) is 1. The Labute approximate surface area is 138 Å². The summed E-state index contributed by atoms with van der Waals surface area (Å²) in [5, 5.41) is 32.2. The molecule has 7 heteroatoms. The number of urea groups is 1. The molecule has 4 N–H and O–H groups in total. The monoisotopic (exact) mass is 325 g/mol. The zero-order chi connectivity index (χ0) is 17.5. The molecule has 24 heavy (non-hydrogen) atoms. The fraction of sp³-hybridized carbons (Fsp3) is 0.118. The van der Waals surface area contributed by atoms with Crippen molar-refractivity contribution in [1.29, 1.82) is 5.26 Å². The van der Waals surface area contributed by atoms with E-state index in [4.69, 9.17) is 10.4 Å². The van der Waals surface area contributed by atoms with Crippen molar-refractivity contribution < 1.29 is 19.8 Å². The molecule has 2 rings (SSSR count). The van der Waals surface area contributed by atoms with Crippen LogP contribution in [0.5, 0.6) is 5.75 Å². The number of benzene rings is 2. The molecule has 2 aromatic rings. The zero-order valence-electron chi connectivity index (χ0n) is 12.6. The van der Waals surface area contributed by atoms with E-state index in [0.717, 1.165) is 0 Å². The van der Waals surface area contributed by atoms with Crippen molar-refractivity contribution in [1.82, 2.24) is 5.32 Å². The van der Waals surface area contributed by atoms with Gasteiger partial charge < -0.3 is 20.8 Å². The van der Waals surface area contributed by atoms with Gasteiger partial charge in [-0.25, -0.2) is 4.79 Å². The van der Waals surface area contributed by atoms with E-state index in [-0.39, 0.29) is 12.2 Å². The largest absolute Gasteiger partial charge is 0.508 e. The molecule has 0 fully saturated rings. The molecule has 122 valence electrons. The molecular weight excluding hydrogens is 310 g/mol. The van der Waals surface area contributed by atoms with E-state index >= 15 is 0 Å². The smallest absolute Gasteiger partial charge is 0.319 e. The summed E-state index contributed by atoms with van der Waals surface area (Å²) in [4.78, 5) is 23.1. The van der Waals surface area contributed by atoms with Gasteiger partial charge in [-0.3, -0.25) is 4.79 Å². The average molecular weight is 325 g/mol. The highest BCUT2D eigenvalue weighted by atomic mass is 16.4. The quantitative estimate of drug-likeness (QED) is 0.673. The summed E-state index contributed by atoms with van der Waals surface area (Å²) in [6.45, 7) is 0. The Hall–Kier alpha value is -3.53. The molecule has 0 bridgehead atoms. The van der Waals surface area contributed by atoms with Crippen LogP contribution in [0.4, 0.5) is 10.5 Å². The molecule has 1 unspecified atom stereocenters. The van der Waals surface area contributed by atoms with Crippen molar-refractivity contribution in [3.63, 3.8) is 0 Å². The number of carbonyl (C=O) groups is 2. The van der Waals surface area contributed by atoms with Crippen molar-refractivity contribution in [3.05, 3.63) is 59.7 Å². The van der Waals surface area contributed by atoms with Crippen LogP contribution in [0.15, 0.2) is 48.5 Å². The number of phenols is 1. The lowest BCUT2D eigenvalue weighted by Crippen LogP contribution is -2.33. The number of aromatic hydroxyl groups is 1. The molecule has 2 aromatic carbocycles. The number of anilines is 1. The van der Waals surface area contributed by atoms with Crippen LogP contribution in [-0.2, 0) is 4.79 Å². The van der Waals surface area contributed by atoms with Crippen molar-refractivity contribution in [2.24, 2.45) is 0 Å². The van der Waals surface area contributed by atoms with E-state index in [0.29, 0.717) is 16.8 Å². The van der Waals surface area contributed by atoms with Crippen LogP contribution in [0.3, 0.4) is 0 Å². The van der Waals surface area contributed by atoms with Crippen LogP contribution >= 0.6 is 0 Å². The first-order valence-corrected chi connectivity index (χ1v) is 7.06. The lowest BCUT2D eigenvalue weighted by Gasteiger charge is -2.18. The minimum absolute atomic E-state index is 0.0508. The number of aliphatic carboxylic acids is 1. The van der Waals surface area contributed by atoms with Gasteiger partial charge in [-0.15, -0.1) is 0 Å². The summed E-state index contributed by atoms with van der Waals surface area (Å²) in [5.74, 6) is -1.01. The molecule has 0 aliphatic carbocycles. The van der Waals surface area contributed by atoms with Crippen LogP contribution in [-0.4, -0.2) is 22.2 Å². The summed E-state index contributed by atoms with van der Waals surface area (Å²) in [5.41, 5.74) is 1.50. The minimum atomic E-state index is -1.06. The minimum Gasteiger partial charge on any atom is -0.508 e. The van der Waals surface area contributed by atoms with Crippen LogP contribution in [0.1, 0.15) is 23.6 Å². The Bertz CT molecular complexity index is 764. The maximum atomic E-state index is 12.1. The highest BCUT2D eigenvalue weighted by Gasteiger charge is 2.18. The molecule has 7 nitrogen and oxygen atoms in total. The topological polar surface area (TPSA) is 122 Å². The average Bonchev–Trinajstić information content (AvgIpc) is 2.55. The molecule has 0 saturated heterocycles. The number of phenolic OH excluding ortho intramolecular Hbond substituents is 1. The van der Waals surface area contributed by atoms with E-state index in [2.05, 4.69) is 10.6 Å². The highest BCUT2D eigenvalue weighted by molar-refractivity contribution is 5.89. The number of hydrogen-bond donors (Lipinski definition) is 4. The molecule has 2 amide bonds. The van der Waals surface area contributed by atoms with Gasteiger partial charge in [0.15, 0.2) is 0 Å². The SMILES string of the molecule is N#Cc1ccc(NC(=O)NC(CC(=O)O)c2ccc(O)cc2)cc1. The first-order valence-electron chi connectivity index (χ1n) is 7.06. The third kappa shape index (κ3) is 4.74. The van der Waals surface area contributed by atoms with Gasteiger partial charge in [0.2, 0.25) is 0 Å². The molecule has 0 saturated carbocycles. The first-order chi connectivity index (χ1) is 11.5. The number of carboxylic acids is 1. The summed E-state index contributed by atoms with van der Waals surface area (Å²) in [6, 6.07) is 12.9. The highest BCUT2D eigenvalue weighted by Crippen LogP contribution is 2.20. The molecule has 0 aliphatic rings. The van der Waals surface area contributed by atoms with Crippen molar-refractivity contribution in [3.8, 4) is 11.8 Å². The normalized spacial score (nSPS) is 11.1. The second kappa shape index (κ2) is 7.65. The predicted octanol–water partition coefficient (Wildman–Crippen LogP) is 2.60. The van der Waals surface area contributed by atoms with E-state index in [9.17, 15) is 14.7 Å². The van der Waals surface area contributed by atoms with Gasteiger partial charge in [-0.1, -0.05) is 12.1 Å². The predicted molar refractivity (Wildman–Crippen MR) is 86.4 cm³/mol. The summed E-state index contributed by atoms with van der Waals surface area (Å²) < 4.78 is 0. The Balaban J connectivity index is 2.07. The molecular formula is C17H15N3O4. The number of nitrogens with one attached hydrogen (secondary N) is 2. The number of nitriles is 1. The van der Waals surface area contributed by atoms with Gasteiger partial charge in [0.05, 0.1) is 24.1 Å². The fourth-order valence-corrected chi connectivity index (χ4v) is 2.09. The molecule has 0 aliphatic heterocycles. The van der Waals surface area contributed by atoms with E-state index in [1.165, 1.54) is 12.1 Å². The standard InChI is InChI=1S/C17H15N3O4/c18-10-11-1-5-13(6-2-11)19-17(24)20-15(9-16(22)23)12-3-7-14(21)8-4-12/h1-8,15,21H,9H2,(H,22,23)(H2,19,20,24). The van der Waals surface area contributed by atoms with Gasteiger partial charge in [-0.2, -0.15) is 5.26 Å². The van der Waals surface area contributed by atoms with Gasteiger partial charge in [0.25, 0.3) is 0 Å². The molecule has 0 heterocycles. The Kier molecular flexibility index (Phi) is 5.36. The molecule has 0 radical (unpaired) electrons. The van der Waals surface area contributed by atoms with Gasteiger partial charge in [-0.05, 0) is 42.0 Å². The van der Waals surface area contributed by atoms with Gasteiger partial charge in [0.1, 0.15) is 5.75 Å². The van der Waals surface area contributed by atoms with Gasteiger partial charge >= 0.3 is 12.0 Å². The number of rotatable bonds is 5. The maximum absolute atomic E-state index is 12.1. The number of nitrogens with zero attached hydrogens (tertiary/aromatic N) is 1. The maximum Gasteiger partial charge on any atom is 0.319 e. The Morgan fingerprint density at radius 2 is 1.71 bits per heavy atom. The van der Waals surface area contributed by atoms with E-state index in [1.807, 2.05) is 6.07 Å². The second-order valence-electron chi connectivity index (χ2n) is 5.03. The van der Waals surface area contributed by atoms with Crippen molar-refractivity contribution >= 4 is 17.7 Å². The fourth-order valence-electron chi connectivity index (χ4n) is 2.09.